The third kappa shape index (κ3) is 3.60. The summed E-state index contributed by atoms with van der Waals surface area (Å²) in [5, 5.41) is 5.56. The summed E-state index contributed by atoms with van der Waals surface area (Å²) in [6, 6.07) is 0.327. The summed E-state index contributed by atoms with van der Waals surface area (Å²) in [7, 11) is 3.98. The molecule has 1 aromatic rings. The van der Waals surface area contributed by atoms with Crippen molar-refractivity contribution in [1.29, 1.82) is 0 Å². The largest absolute Gasteiger partial charge is 0.349 e. The summed E-state index contributed by atoms with van der Waals surface area (Å²) in [6.45, 7) is 4.60. The lowest BCUT2D eigenvalue weighted by atomic mass is 10.3. The summed E-state index contributed by atoms with van der Waals surface area (Å²) < 4.78 is 0. The van der Waals surface area contributed by atoms with E-state index in [2.05, 4.69) is 22.1 Å². The van der Waals surface area contributed by atoms with Crippen molar-refractivity contribution in [3.05, 3.63) is 16.1 Å². The van der Waals surface area contributed by atoms with Gasteiger partial charge in [0.15, 0.2) is 0 Å². The maximum atomic E-state index is 11.6. The van der Waals surface area contributed by atoms with Gasteiger partial charge < -0.3 is 10.2 Å². The molecule has 5 heteroatoms. The highest BCUT2D eigenvalue weighted by Crippen LogP contribution is 2.07. The summed E-state index contributed by atoms with van der Waals surface area (Å²) >= 11 is 1.49. The van der Waals surface area contributed by atoms with Crippen LogP contribution in [0.15, 0.2) is 5.38 Å². The molecule has 1 rings (SSSR count). The van der Waals surface area contributed by atoms with Gasteiger partial charge in [-0.1, -0.05) is 0 Å². The molecule has 84 valence electrons. The molecule has 0 radical (unpaired) electrons. The normalized spacial score (nSPS) is 12.9. The van der Waals surface area contributed by atoms with Gasteiger partial charge in [-0.15, -0.1) is 11.3 Å². The Hall–Kier alpha value is -0.940. The molecule has 1 atom stereocenters. The Labute approximate surface area is 94.3 Å². The van der Waals surface area contributed by atoms with Crippen molar-refractivity contribution in [3.63, 3.8) is 0 Å². The fraction of sp³-hybridized carbons (Fsp3) is 0.600. The first-order valence-electron chi connectivity index (χ1n) is 4.87. The molecule has 0 saturated carbocycles. The van der Waals surface area contributed by atoms with Gasteiger partial charge >= 0.3 is 0 Å². The van der Waals surface area contributed by atoms with E-state index >= 15 is 0 Å². The first-order valence-corrected chi connectivity index (χ1v) is 5.75. The highest BCUT2D eigenvalue weighted by atomic mass is 32.1. The number of carbonyl (C=O) groups is 1. The molecule has 1 aromatic heterocycles. The Bertz CT molecular complexity index is 335. The lowest BCUT2D eigenvalue weighted by Gasteiger charge is -2.19. The maximum absolute atomic E-state index is 11.6. The van der Waals surface area contributed by atoms with Gasteiger partial charge in [-0.25, -0.2) is 4.98 Å². The molecule has 0 aromatic carbocycles. The van der Waals surface area contributed by atoms with Crippen LogP contribution in [0.1, 0.15) is 22.4 Å². The van der Waals surface area contributed by atoms with Gasteiger partial charge in [0.25, 0.3) is 5.91 Å². The van der Waals surface area contributed by atoms with Crippen molar-refractivity contribution < 1.29 is 4.79 Å². The van der Waals surface area contributed by atoms with E-state index in [1.807, 2.05) is 21.0 Å². The van der Waals surface area contributed by atoms with Crippen LogP contribution in [0.2, 0.25) is 0 Å². The van der Waals surface area contributed by atoms with Gasteiger partial charge in [0.05, 0.1) is 5.01 Å². The van der Waals surface area contributed by atoms with E-state index in [0.29, 0.717) is 18.3 Å². The molecule has 0 bridgehead atoms. The van der Waals surface area contributed by atoms with Crippen molar-refractivity contribution in [2.75, 3.05) is 20.6 Å². The fourth-order valence-corrected chi connectivity index (χ4v) is 1.57. The quantitative estimate of drug-likeness (QED) is 0.838. The van der Waals surface area contributed by atoms with E-state index in [4.69, 9.17) is 0 Å². The van der Waals surface area contributed by atoms with Crippen LogP contribution >= 0.6 is 11.3 Å². The number of nitrogens with zero attached hydrogens (tertiary/aromatic N) is 2. The Morgan fingerprint density at radius 3 is 2.80 bits per heavy atom. The molecule has 0 fully saturated rings. The standard InChI is InChI=1S/C10H17N3OS/c1-7(13(3)4)5-11-10(14)9-6-15-8(2)12-9/h6-7H,5H2,1-4H3,(H,11,14). The number of aryl methyl sites for hydroxylation is 1. The van der Waals surface area contributed by atoms with E-state index < -0.39 is 0 Å². The number of hydrogen-bond acceptors (Lipinski definition) is 4. The molecular weight excluding hydrogens is 210 g/mol. The van der Waals surface area contributed by atoms with Crippen molar-refractivity contribution in [2.24, 2.45) is 0 Å². The van der Waals surface area contributed by atoms with Gasteiger partial charge in [-0.05, 0) is 27.9 Å². The Balaban J connectivity index is 2.43. The van der Waals surface area contributed by atoms with E-state index in [9.17, 15) is 4.79 Å². The monoisotopic (exact) mass is 227 g/mol. The summed E-state index contributed by atoms with van der Waals surface area (Å²) in [6.07, 6.45) is 0. The predicted octanol–water partition coefficient (Wildman–Crippen LogP) is 1.13. The topological polar surface area (TPSA) is 45.2 Å². The minimum atomic E-state index is -0.0898. The SMILES string of the molecule is Cc1nc(C(=O)NCC(C)N(C)C)cs1. The van der Waals surface area contributed by atoms with Gasteiger partial charge in [-0.3, -0.25) is 4.79 Å². The molecule has 1 heterocycles. The van der Waals surface area contributed by atoms with Crippen LogP contribution in [0.25, 0.3) is 0 Å². The number of rotatable bonds is 4. The molecule has 4 nitrogen and oxygen atoms in total. The van der Waals surface area contributed by atoms with Crippen LogP contribution < -0.4 is 5.32 Å². The van der Waals surface area contributed by atoms with Crippen molar-refractivity contribution in [1.82, 2.24) is 15.2 Å². The molecule has 0 saturated heterocycles. The van der Waals surface area contributed by atoms with Crippen LogP contribution in [0.4, 0.5) is 0 Å². The van der Waals surface area contributed by atoms with Crippen molar-refractivity contribution in [2.45, 2.75) is 19.9 Å². The third-order valence-corrected chi connectivity index (χ3v) is 3.06. The maximum Gasteiger partial charge on any atom is 0.270 e. The van der Waals surface area contributed by atoms with Crippen LogP contribution in [-0.4, -0.2) is 42.5 Å². The summed E-state index contributed by atoms with van der Waals surface area (Å²) in [5.41, 5.74) is 0.517. The molecule has 0 aliphatic heterocycles. The Kier molecular flexibility index (Phi) is 4.23. The third-order valence-electron chi connectivity index (χ3n) is 2.29. The second kappa shape index (κ2) is 5.23. The number of carbonyl (C=O) groups excluding carboxylic acids is 1. The van der Waals surface area contributed by atoms with Crippen molar-refractivity contribution >= 4 is 17.2 Å². The molecule has 1 N–H and O–H groups in total. The van der Waals surface area contributed by atoms with Crippen LogP contribution in [0.3, 0.4) is 0 Å². The van der Waals surface area contributed by atoms with Gasteiger partial charge in [0.1, 0.15) is 5.69 Å². The molecule has 15 heavy (non-hydrogen) atoms. The molecular formula is C10H17N3OS. The first-order chi connectivity index (χ1) is 7.00. The zero-order valence-electron chi connectivity index (χ0n) is 9.57. The van der Waals surface area contributed by atoms with E-state index in [1.54, 1.807) is 5.38 Å². The molecule has 1 amide bonds. The van der Waals surface area contributed by atoms with Crippen molar-refractivity contribution in [3.8, 4) is 0 Å². The predicted molar refractivity (Wildman–Crippen MR) is 62.3 cm³/mol. The average Bonchev–Trinajstić information content (AvgIpc) is 2.60. The van der Waals surface area contributed by atoms with Crippen LogP contribution in [-0.2, 0) is 0 Å². The van der Waals surface area contributed by atoms with E-state index in [1.165, 1.54) is 11.3 Å². The zero-order chi connectivity index (χ0) is 11.4. The number of amides is 1. The number of aromatic nitrogens is 1. The lowest BCUT2D eigenvalue weighted by molar-refractivity contribution is 0.0939. The smallest absolute Gasteiger partial charge is 0.270 e. The average molecular weight is 227 g/mol. The van der Waals surface area contributed by atoms with E-state index in [-0.39, 0.29) is 5.91 Å². The lowest BCUT2D eigenvalue weighted by Crippen LogP contribution is -2.38. The Morgan fingerprint density at radius 1 is 1.67 bits per heavy atom. The summed E-state index contributed by atoms with van der Waals surface area (Å²) in [4.78, 5) is 17.8. The second-order valence-corrected chi connectivity index (χ2v) is 4.84. The highest BCUT2D eigenvalue weighted by molar-refractivity contribution is 7.09. The minimum absolute atomic E-state index is 0.0898. The molecule has 0 spiro atoms. The highest BCUT2D eigenvalue weighted by Gasteiger charge is 2.11. The molecule has 0 aliphatic carbocycles. The summed E-state index contributed by atoms with van der Waals surface area (Å²) in [5.74, 6) is -0.0898. The fourth-order valence-electron chi connectivity index (χ4n) is 0.981. The molecule has 1 unspecified atom stereocenters. The van der Waals surface area contributed by atoms with Gasteiger partial charge in [0, 0.05) is 18.0 Å². The molecule has 0 aliphatic rings. The second-order valence-electron chi connectivity index (χ2n) is 3.77. The number of likely N-dealkylation sites (N-methyl/N-ethyl adjacent to an activating group) is 1. The zero-order valence-corrected chi connectivity index (χ0v) is 10.4. The van der Waals surface area contributed by atoms with E-state index in [0.717, 1.165) is 5.01 Å². The van der Waals surface area contributed by atoms with Gasteiger partial charge in [-0.2, -0.15) is 0 Å². The number of nitrogens with one attached hydrogen (secondary N) is 1. The van der Waals surface area contributed by atoms with Gasteiger partial charge in [0.2, 0.25) is 0 Å². The number of hydrogen-bond donors (Lipinski definition) is 1. The van der Waals surface area contributed by atoms with Crippen LogP contribution in [0.5, 0.6) is 0 Å². The number of thiazole rings is 1. The van der Waals surface area contributed by atoms with Crippen LogP contribution in [0, 0.1) is 6.92 Å². The Morgan fingerprint density at radius 2 is 2.33 bits per heavy atom. The first kappa shape index (κ1) is 12.1. The minimum Gasteiger partial charge on any atom is -0.349 e.